The molecule has 1 aliphatic carbocycles. The second-order valence-electron chi connectivity index (χ2n) is 8.81. The number of amides is 1. The molecule has 27 heavy (non-hydrogen) atoms. The fourth-order valence-corrected chi connectivity index (χ4v) is 4.75. The molecule has 1 unspecified atom stereocenters. The Bertz CT molecular complexity index is 668. The minimum absolute atomic E-state index is 0.118. The first-order valence-electron chi connectivity index (χ1n) is 10.3. The molecule has 4 nitrogen and oxygen atoms in total. The van der Waals surface area contributed by atoms with E-state index in [4.69, 9.17) is 4.74 Å². The molecular weight excluding hydrogens is 343 g/mol. The first kappa shape index (κ1) is 18.9. The molecule has 148 valence electrons. The molecule has 0 aromatic heterocycles. The number of rotatable bonds is 6. The Morgan fingerprint density at radius 2 is 1.96 bits per heavy atom. The summed E-state index contributed by atoms with van der Waals surface area (Å²) < 4.78 is 20.0. The molecule has 1 aromatic rings. The summed E-state index contributed by atoms with van der Waals surface area (Å²) >= 11 is 0. The van der Waals surface area contributed by atoms with Crippen molar-refractivity contribution in [3.63, 3.8) is 0 Å². The van der Waals surface area contributed by atoms with Gasteiger partial charge in [0.05, 0.1) is 6.61 Å². The number of hydrogen-bond donors (Lipinski definition) is 0. The van der Waals surface area contributed by atoms with Gasteiger partial charge in [-0.3, -0.25) is 9.69 Å². The highest BCUT2D eigenvalue weighted by Crippen LogP contribution is 2.45. The van der Waals surface area contributed by atoms with E-state index in [-0.39, 0.29) is 17.1 Å². The molecule has 3 aliphatic rings. The molecule has 1 saturated carbocycles. The maximum atomic E-state index is 14.0. The van der Waals surface area contributed by atoms with Gasteiger partial charge in [0.1, 0.15) is 5.82 Å². The van der Waals surface area contributed by atoms with Gasteiger partial charge in [0, 0.05) is 44.6 Å². The Kier molecular flexibility index (Phi) is 5.51. The minimum Gasteiger partial charge on any atom is -0.381 e. The fraction of sp³-hybridized carbons (Fsp3) is 0.682. The van der Waals surface area contributed by atoms with Crippen LogP contribution in [0.15, 0.2) is 24.3 Å². The van der Waals surface area contributed by atoms with E-state index in [1.807, 2.05) is 17.0 Å². The maximum Gasteiger partial charge on any atom is 0.219 e. The quantitative estimate of drug-likeness (QED) is 0.766. The summed E-state index contributed by atoms with van der Waals surface area (Å²) in [7, 11) is 0. The summed E-state index contributed by atoms with van der Waals surface area (Å²) in [5.41, 5.74) is 0.940. The number of piperidine rings is 1. The lowest BCUT2D eigenvalue weighted by atomic mass is 9.71. The first-order valence-corrected chi connectivity index (χ1v) is 10.3. The molecule has 4 rings (SSSR count). The zero-order valence-corrected chi connectivity index (χ0v) is 16.3. The molecule has 0 bridgehead atoms. The van der Waals surface area contributed by atoms with Crippen molar-refractivity contribution in [3.05, 3.63) is 35.6 Å². The van der Waals surface area contributed by atoms with Crippen molar-refractivity contribution >= 4 is 5.91 Å². The summed E-state index contributed by atoms with van der Waals surface area (Å²) in [6.07, 6.45) is 4.73. The largest absolute Gasteiger partial charge is 0.381 e. The van der Waals surface area contributed by atoms with E-state index >= 15 is 0 Å². The zero-order chi connectivity index (χ0) is 18.9. The van der Waals surface area contributed by atoms with E-state index in [9.17, 15) is 9.18 Å². The number of halogens is 1. The topological polar surface area (TPSA) is 32.8 Å². The van der Waals surface area contributed by atoms with Crippen LogP contribution in [-0.2, 0) is 16.1 Å². The third-order valence-electron chi connectivity index (χ3n) is 6.83. The number of likely N-dealkylation sites (tertiary alicyclic amines) is 2. The van der Waals surface area contributed by atoms with E-state index in [2.05, 4.69) is 4.90 Å². The van der Waals surface area contributed by atoms with Gasteiger partial charge in [-0.25, -0.2) is 4.39 Å². The van der Waals surface area contributed by atoms with Crippen molar-refractivity contribution < 1.29 is 13.9 Å². The summed E-state index contributed by atoms with van der Waals surface area (Å²) in [4.78, 5) is 16.3. The van der Waals surface area contributed by atoms with E-state index in [1.54, 1.807) is 13.0 Å². The Labute approximate surface area is 161 Å². The lowest BCUT2D eigenvalue weighted by Crippen LogP contribution is -2.45. The molecule has 3 fully saturated rings. The summed E-state index contributed by atoms with van der Waals surface area (Å²) in [6, 6.07) is 7.06. The number of carbonyl (C=O) groups is 1. The van der Waals surface area contributed by atoms with E-state index in [0.29, 0.717) is 12.5 Å². The molecular formula is C22H31FN2O2. The van der Waals surface area contributed by atoms with Crippen molar-refractivity contribution in [1.82, 2.24) is 9.80 Å². The van der Waals surface area contributed by atoms with Gasteiger partial charge in [-0.05, 0) is 56.2 Å². The predicted octanol–water partition coefficient (Wildman–Crippen LogP) is 3.31. The van der Waals surface area contributed by atoms with E-state index in [1.165, 1.54) is 18.9 Å². The minimum atomic E-state index is -0.118. The number of carbonyl (C=O) groups excluding carboxylic acids is 1. The van der Waals surface area contributed by atoms with Gasteiger partial charge in [-0.2, -0.15) is 0 Å². The van der Waals surface area contributed by atoms with Crippen molar-refractivity contribution in [2.24, 2.45) is 17.3 Å². The normalized spacial score (nSPS) is 25.3. The van der Waals surface area contributed by atoms with Crippen LogP contribution in [0.4, 0.5) is 4.39 Å². The van der Waals surface area contributed by atoms with Gasteiger partial charge in [0.15, 0.2) is 0 Å². The summed E-state index contributed by atoms with van der Waals surface area (Å²) in [6.45, 7) is 7.59. The molecule has 2 heterocycles. The highest BCUT2D eigenvalue weighted by molar-refractivity contribution is 5.73. The fourth-order valence-electron chi connectivity index (χ4n) is 4.75. The van der Waals surface area contributed by atoms with Crippen molar-refractivity contribution in [2.45, 2.75) is 39.2 Å². The van der Waals surface area contributed by atoms with E-state index < -0.39 is 0 Å². The lowest BCUT2D eigenvalue weighted by Gasteiger charge is -2.42. The highest BCUT2D eigenvalue weighted by atomic mass is 19.1. The first-order chi connectivity index (χ1) is 13.1. The smallest absolute Gasteiger partial charge is 0.219 e. The molecule has 5 heteroatoms. The van der Waals surface area contributed by atoms with Gasteiger partial charge >= 0.3 is 0 Å². The van der Waals surface area contributed by atoms with Gasteiger partial charge in [0.2, 0.25) is 5.91 Å². The van der Waals surface area contributed by atoms with E-state index in [0.717, 1.165) is 63.7 Å². The predicted molar refractivity (Wildman–Crippen MR) is 103 cm³/mol. The van der Waals surface area contributed by atoms with Crippen LogP contribution in [0.25, 0.3) is 0 Å². The van der Waals surface area contributed by atoms with Crippen molar-refractivity contribution in [3.8, 4) is 0 Å². The van der Waals surface area contributed by atoms with Crippen LogP contribution in [0.2, 0.25) is 0 Å². The number of benzene rings is 1. The zero-order valence-electron chi connectivity index (χ0n) is 16.3. The monoisotopic (exact) mass is 374 g/mol. The van der Waals surface area contributed by atoms with Crippen LogP contribution in [0, 0.1) is 23.1 Å². The molecule has 1 spiro atoms. The average molecular weight is 375 g/mol. The second kappa shape index (κ2) is 7.88. The Balaban J connectivity index is 1.37. The van der Waals surface area contributed by atoms with Crippen LogP contribution in [0.5, 0.6) is 0 Å². The average Bonchev–Trinajstić information content (AvgIpc) is 3.41. The molecule has 1 amide bonds. The molecule has 0 N–H and O–H groups in total. The Morgan fingerprint density at radius 1 is 1.22 bits per heavy atom. The second-order valence-corrected chi connectivity index (χ2v) is 8.81. The van der Waals surface area contributed by atoms with Crippen LogP contribution in [0.1, 0.15) is 38.2 Å². The molecule has 1 aromatic carbocycles. The van der Waals surface area contributed by atoms with Crippen molar-refractivity contribution in [2.75, 3.05) is 39.4 Å². The highest BCUT2D eigenvalue weighted by Gasteiger charge is 2.48. The number of ether oxygens (including phenoxy) is 1. The third kappa shape index (κ3) is 4.35. The SMILES string of the molecule is CC(=O)N1CC(COCC2CC2)C2(CCN(Cc3ccccc3F)CC2)C1. The molecule has 1 atom stereocenters. The summed E-state index contributed by atoms with van der Waals surface area (Å²) in [5.74, 6) is 1.25. The van der Waals surface area contributed by atoms with Gasteiger partial charge in [-0.1, -0.05) is 18.2 Å². The molecule has 0 radical (unpaired) electrons. The van der Waals surface area contributed by atoms with Gasteiger partial charge in [0.25, 0.3) is 0 Å². The lowest BCUT2D eigenvalue weighted by molar-refractivity contribution is -0.128. The Hall–Kier alpha value is -1.46. The van der Waals surface area contributed by atoms with Crippen LogP contribution in [0.3, 0.4) is 0 Å². The number of nitrogens with zero attached hydrogens (tertiary/aromatic N) is 2. The third-order valence-corrected chi connectivity index (χ3v) is 6.83. The Morgan fingerprint density at radius 3 is 2.63 bits per heavy atom. The molecule has 2 saturated heterocycles. The van der Waals surface area contributed by atoms with Crippen LogP contribution in [-0.4, -0.2) is 55.1 Å². The van der Waals surface area contributed by atoms with Crippen molar-refractivity contribution in [1.29, 1.82) is 0 Å². The summed E-state index contributed by atoms with van der Waals surface area (Å²) in [5, 5.41) is 0. The van der Waals surface area contributed by atoms with Gasteiger partial charge < -0.3 is 9.64 Å². The van der Waals surface area contributed by atoms with Crippen LogP contribution < -0.4 is 0 Å². The van der Waals surface area contributed by atoms with Gasteiger partial charge in [-0.15, -0.1) is 0 Å². The van der Waals surface area contributed by atoms with Crippen LogP contribution >= 0.6 is 0 Å². The number of hydrogen-bond acceptors (Lipinski definition) is 3. The molecule has 2 aliphatic heterocycles. The maximum absolute atomic E-state index is 14.0. The standard InChI is InChI=1S/C22H31FN2O2/c1-17(26)25-13-20(15-27-14-18-6-7-18)22(16-25)8-10-24(11-9-22)12-19-4-2-3-5-21(19)23/h2-5,18,20H,6-16H2,1H3.